The Bertz CT molecular complexity index is 1560. The number of amides is 1. The van der Waals surface area contributed by atoms with Crippen molar-refractivity contribution in [1.82, 2.24) is 29.5 Å². The Morgan fingerprint density at radius 3 is 2.71 bits per heavy atom. The van der Waals surface area contributed by atoms with Crippen molar-refractivity contribution in [3.63, 3.8) is 0 Å². The molecule has 0 spiro atoms. The molecule has 5 rings (SSSR count). The second-order valence-corrected chi connectivity index (χ2v) is 8.76. The molecule has 172 valence electrons. The van der Waals surface area contributed by atoms with E-state index in [0.29, 0.717) is 24.5 Å². The lowest BCUT2D eigenvalue weighted by Gasteiger charge is -2.14. The van der Waals surface area contributed by atoms with Crippen LogP contribution in [-0.4, -0.2) is 30.1 Å². The van der Waals surface area contributed by atoms with Crippen LogP contribution in [0.2, 0.25) is 0 Å². The number of carbonyl (C=O) groups excluding carboxylic acids is 1. The Hall–Kier alpha value is -4.20. The van der Waals surface area contributed by atoms with Crippen molar-refractivity contribution in [2.45, 2.75) is 40.8 Å². The van der Waals surface area contributed by atoms with E-state index in [2.05, 4.69) is 44.7 Å². The molecule has 0 saturated heterocycles. The molecule has 5 aromatic rings. The number of aryl methyl sites for hydroxylation is 4. The molecule has 0 aliphatic rings. The lowest BCUT2D eigenvalue weighted by molar-refractivity contribution is 0.0950. The van der Waals surface area contributed by atoms with Crippen LogP contribution in [-0.2, 0) is 13.1 Å². The first-order valence-corrected chi connectivity index (χ1v) is 11.2. The van der Waals surface area contributed by atoms with Crippen LogP contribution in [0.3, 0.4) is 0 Å². The molecule has 0 aliphatic heterocycles. The molecule has 8 heteroatoms. The third kappa shape index (κ3) is 3.77. The van der Waals surface area contributed by atoms with E-state index in [9.17, 15) is 4.79 Å². The molecule has 1 aromatic carbocycles. The standard InChI is InChI=1S/C26H27N7O/c1-15-5-6-24-31-20(14-33(24)18(15)4)13-32-12-19(10-30-32)26(34)29-11-23-16(2)9-22-21(17(23)3)7-8-28-25(22)27/h5-10,12,14H,11,13H2,1-4H3,(H2,27,28)(H,29,34). The summed E-state index contributed by atoms with van der Waals surface area (Å²) in [5.41, 5.74) is 14.0. The first kappa shape index (κ1) is 21.6. The average Bonchev–Trinajstić information content (AvgIpc) is 3.44. The molecule has 0 bridgehead atoms. The van der Waals surface area contributed by atoms with Crippen molar-refractivity contribution >= 4 is 28.1 Å². The summed E-state index contributed by atoms with van der Waals surface area (Å²) in [5, 5.41) is 9.38. The number of aromatic nitrogens is 5. The number of carbonyl (C=O) groups is 1. The highest BCUT2D eigenvalue weighted by atomic mass is 16.1. The Labute approximate surface area is 197 Å². The number of nitrogens with zero attached hydrogens (tertiary/aromatic N) is 5. The smallest absolute Gasteiger partial charge is 0.254 e. The Balaban J connectivity index is 1.31. The number of rotatable bonds is 5. The summed E-state index contributed by atoms with van der Waals surface area (Å²) in [7, 11) is 0. The van der Waals surface area contributed by atoms with Gasteiger partial charge in [-0.1, -0.05) is 6.07 Å². The fourth-order valence-electron chi connectivity index (χ4n) is 4.42. The Morgan fingerprint density at radius 1 is 1.06 bits per heavy atom. The van der Waals surface area contributed by atoms with Gasteiger partial charge in [-0.15, -0.1) is 0 Å². The van der Waals surface area contributed by atoms with Gasteiger partial charge in [-0.25, -0.2) is 9.97 Å². The zero-order valence-electron chi connectivity index (χ0n) is 19.8. The number of fused-ring (bicyclic) bond motifs is 2. The average molecular weight is 454 g/mol. The van der Waals surface area contributed by atoms with E-state index in [1.165, 1.54) is 5.56 Å². The number of nitrogens with two attached hydrogens (primary N) is 1. The molecule has 0 fully saturated rings. The number of nitrogen functional groups attached to an aromatic ring is 1. The molecule has 0 saturated carbocycles. The maximum atomic E-state index is 12.8. The van der Waals surface area contributed by atoms with Crippen molar-refractivity contribution in [2.75, 3.05) is 5.73 Å². The Kier molecular flexibility index (Phi) is 5.28. The third-order valence-corrected chi connectivity index (χ3v) is 6.56. The summed E-state index contributed by atoms with van der Waals surface area (Å²) < 4.78 is 3.82. The van der Waals surface area contributed by atoms with E-state index in [4.69, 9.17) is 5.73 Å². The fourth-order valence-corrected chi connectivity index (χ4v) is 4.42. The van der Waals surface area contributed by atoms with E-state index in [1.54, 1.807) is 23.3 Å². The molecule has 8 nitrogen and oxygen atoms in total. The Morgan fingerprint density at radius 2 is 1.88 bits per heavy atom. The van der Waals surface area contributed by atoms with E-state index < -0.39 is 0 Å². The van der Waals surface area contributed by atoms with Crippen LogP contribution in [0.1, 0.15) is 44.0 Å². The maximum absolute atomic E-state index is 12.8. The largest absolute Gasteiger partial charge is 0.383 e. The van der Waals surface area contributed by atoms with Crippen LogP contribution >= 0.6 is 0 Å². The van der Waals surface area contributed by atoms with Crippen molar-refractivity contribution in [3.8, 4) is 0 Å². The molecule has 0 radical (unpaired) electrons. The predicted molar refractivity (Wildman–Crippen MR) is 133 cm³/mol. The SMILES string of the molecule is Cc1cc2c(N)nccc2c(C)c1CNC(=O)c1cnn(Cc2cn3c(C)c(C)ccc3n2)c1. The van der Waals surface area contributed by atoms with Crippen LogP contribution in [0.5, 0.6) is 0 Å². The summed E-state index contributed by atoms with van der Waals surface area (Å²) >= 11 is 0. The van der Waals surface area contributed by atoms with Crippen LogP contribution < -0.4 is 11.1 Å². The first-order chi connectivity index (χ1) is 16.3. The molecule has 0 atom stereocenters. The highest BCUT2D eigenvalue weighted by Crippen LogP contribution is 2.27. The van der Waals surface area contributed by atoms with Crippen LogP contribution in [0.4, 0.5) is 5.82 Å². The van der Waals surface area contributed by atoms with Gasteiger partial charge in [-0.2, -0.15) is 5.10 Å². The molecule has 1 amide bonds. The number of hydrogen-bond donors (Lipinski definition) is 2. The number of pyridine rings is 2. The number of anilines is 1. The zero-order valence-corrected chi connectivity index (χ0v) is 19.8. The van der Waals surface area contributed by atoms with Gasteiger partial charge in [0.2, 0.25) is 0 Å². The summed E-state index contributed by atoms with van der Waals surface area (Å²) in [6.45, 7) is 9.15. The van der Waals surface area contributed by atoms with E-state index in [0.717, 1.165) is 44.5 Å². The van der Waals surface area contributed by atoms with Gasteiger partial charge in [0.15, 0.2) is 0 Å². The normalized spacial score (nSPS) is 11.4. The second kappa shape index (κ2) is 8.30. The molecular weight excluding hydrogens is 426 g/mol. The minimum Gasteiger partial charge on any atom is -0.383 e. The van der Waals surface area contributed by atoms with Gasteiger partial charge in [-0.3, -0.25) is 9.48 Å². The highest BCUT2D eigenvalue weighted by Gasteiger charge is 2.14. The summed E-state index contributed by atoms with van der Waals surface area (Å²) in [6.07, 6.45) is 7.08. The lowest BCUT2D eigenvalue weighted by atomic mass is 9.96. The molecule has 0 aliphatic carbocycles. The minimum atomic E-state index is -0.166. The number of benzene rings is 1. The van der Waals surface area contributed by atoms with Crippen molar-refractivity contribution in [2.24, 2.45) is 0 Å². The predicted octanol–water partition coefficient (Wildman–Crippen LogP) is 3.87. The van der Waals surface area contributed by atoms with Gasteiger partial charge in [0.1, 0.15) is 11.5 Å². The topological polar surface area (TPSA) is 103 Å². The van der Waals surface area contributed by atoms with Crippen LogP contribution in [0.25, 0.3) is 16.4 Å². The number of imidazole rings is 1. The lowest BCUT2D eigenvalue weighted by Crippen LogP contribution is -2.23. The molecule has 34 heavy (non-hydrogen) atoms. The van der Waals surface area contributed by atoms with Gasteiger partial charge in [0.05, 0.1) is 24.0 Å². The first-order valence-electron chi connectivity index (χ1n) is 11.2. The third-order valence-electron chi connectivity index (χ3n) is 6.56. The maximum Gasteiger partial charge on any atom is 0.254 e. The van der Waals surface area contributed by atoms with Gasteiger partial charge >= 0.3 is 0 Å². The summed E-state index contributed by atoms with van der Waals surface area (Å²) in [6, 6.07) is 8.07. The summed E-state index contributed by atoms with van der Waals surface area (Å²) in [4.78, 5) is 21.7. The van der Waals surface area contributed by atoms with E-state index in [1.807, 2.05) is 38.2 Å². The molecule has 4 heterocycles. The molecular formula is C26H27N7O. The molecule has 0 unspecified atom stereocenters. The van der Waals surface area contributed by atoms with Crippen molar-refractivity contribution in [1.29, 1.82) is 0 Å². The monoisotopic (exact) mass is 453 g/mol. The van der Waals surface area contributed by atoms with Crippen molar-refractivity contribution in [3.05, 3.63) is 88.3 Å². The van der Waals surface area contributed by atoms with E-state index >= 15 is 0 Å². The highest BCUT2D eigenvalue weighted by molar-refractivity contribution is 5.95. The fraction of sp³-hybridized carbons (Fsp3) is 0.231. The second-order valence-electron chi connectivity index (χ2n) is 8.76. The quantitative estimate of drug-likeness (QED) is 0.420. The van der Waals surface area contributed by atoms with Gasteiger partial charge < -0.3 is 15.5 Å². The van der Waals surface area contributed by atoms with Gasteiger partial charge in [0.25, 0.3) is 5.91 Å². The van der Waals surface area contributed by atoms with Crippen molar-refractivity contribution < 1.29 is 4.79 Å². The zero-order chi connectivity index (χ0) is 24.0. The van der Waals surface area contributed by atoms with Crippen LogP contribution in [0.15, 0.2) is 49.1 Å². The van der Waals surface area contributed by atoms with Gasteiger partial charge in [-0.05, 0) is 73.5 Å². The molecule has 3 N–H and O–H groups in total. The number of hydrogen-bond acceptors (Lipinski definition) is 5. The summed E-state index contributed by atoms with van der Waals surface area (Å²) in [5.74, 6) is 0.350. The van der Waals surface area contributed by atoms with Crippen LogP contribution in [0, 0.1) is 27.7 Å². The molecule has 4 aromatic heterocycles. The minimum absolute atomic E-state index is 0.166. The number of nitrogens with one attached hydrogen (secondary N) is 1. The van der Waals surface area contributed by atoms with E-state index in [-0.39, 0.29) is 5.91 Å². The van der Waals surface area contributed by atoms with Gasteiger partial charge in [0, 0.05) is 36.2 Å².